The Morgan fingerprint density at radius 2 is 1.75 bits per heavy atom. The van der Waals surface area contributed by atoms with Gasteiger partial charge in [0.25, 0.3) is 11.6 Å². The zero-order valence-corrected chi connectivity index (χ0v) is 20.4. The molecular formula is C25H19BrFN5O4. The third kappa shape index (κ3) is 4.23. The van der Waals surface area contributed by atoms with Crippen LogP contribution in [0.15, 0.2) is 77.4 Å². The summed E-state index contributed by atoms with van der Waals surface area (Å²) in [7, 11) is 0. The van der Waals surface area contributed by atoms with Crippen LogP contribution in [0.25, 0.3) is 16.9 Å². The van der Waals surface area contributed by atoms with Crippen molar-refractivity contribution in [2.45, 2.75) is 19.3 Å². The topological polar surface area (TPSA) is 117 Å². The van der Waals surface area contributed by atoms with Gasteiger partial charge in [-0.2, -0.15) is 5.10 Å². The number of amides is 1. The summed E-state index contributed by atoms with van der Waals surface area (Å²) in [6, 6.07) is 17.4. The number of halogens is 2. The number of nitrogens with zero attached hydrogens (tertiary/aromatic N) is 4. The number of nitrogens with two attached hydrogens (primary N) is 1. The second-order valence-electron chi connectivity index (χ2n) is 8.20. The Hall–Kier alpha value is -4.09. The van der Waals surface area contributed by atoms with Crippen LogP contribution in [0.4, 0.5) is 21.5 Å². The average molecular weight is 552 g/mol. The molecule has 1 aliphatic heterocycles. The summed E-state index contributed by atoms with van der Waals surface area (Å²) in [4.78, 5) is 25.4. The van der Waals surface area contributed by atoms with E-state index >= 15 is 0 Å². The molecule has 0 radical (unpaired) electrons. The van der Waals surface area contributed by atoms with Gasteiger partial charge in [-0.15, -0.1) is 0 Å². The molecule has 11 heteroatoms. The Balaban J connectivity index is 1.67. The molecule has 36 heavy (non-hydrogen) atoms. The van der Waals surface area contributed by atoms with Crippen molar-refractivity contribution in [3.8, 4) is 16.9 Å². The molecule has 2 heterocycles. The number of benzene rings is 3. The molecule has 1 fully saturated rings. The van der Waals surface area contributed by atoms with Crippen molar-refractivity contribution in [1.29, 1.82) is 0 Å². The number of hydrogen-bond acceptors (Lipinski definition) is 6. The third-order valence-corrected chi connectivity index (χ3v) is 6.39. The minimum Gasteiger partial charge on any atom is -0.393 e. The van der Waals surface area contributed by atoms with E-state index in [1.807, 2.05) is 24.3 Å². The molecule has 9 nitrogen and oxygen atoms in total. The highest BCUT2D eigenvalue weighted by Crippen LogP contribution is 2.41. The molecule has 0 bridgehead atoms. The molecule has 1 aromatic heterocycles. The minimum absolute atomic E-state index is 0.0176. The van der Waals surface area contributed by atoms with Crippen LogP contribution in [0, 0.1) is 15.9 Å². The Labute approximate surface area is 213 Å². The van der Waals surface area contributed by atoms with Gasteiger partial charge in [0.05, 0.1) is 16.3 Å². The zero-order chi connectivity index (χ0) is 25.6. The van der Waals surface area contributed by atoms with Crippen molar-refractivity contribution < 1.29 is 18.8 Å². The van der Waals surface area contributed by atoms with Gasteiger partial charge in [0.15, 0.2) is 6.23 Å². The molecule has 1 aliphatic rings. The fourth-order valence-corrected chi connectivity index (χ4v) is 4.33. The molecule has 4 aromatic rings. The van der Waals surface area contributed by atoms with Crippen LogP contribution in [0.3, 0.4) is 0 Å². The fourth-order valence-electron chi connectivity index (χ4n) is 4.07. The van der Waals surface area contributed by atoms with Crippen LogP contribution in [-0.4, -0.2) is 26.7 Å². The van der Waals surface area contributed by atoms with Crippen molar-refractivity contribution in [3.05, 3.63) is 98.9 Å². The SMILES string of the molecule is C[C@@H]1O[C@H](c2cn(-c3ccc(Br)cc3)nc2-c2ccc(F)cc2)N(c2ccc(N)c([N+](=O)[O-])c2)C1=O. The largest absolute Gasteiger partial charge is 0.393 e. The summed E-state index contributed by atoms with van der Waals surface area (Å²) >= 11 is 3.42. The predicted octanol–water partition coefficient (Wildman–Crippen LogP) is 5.38. The third-order valence-electron chi connectivity index (χ3n) is 5.86. The lowest BCUT2D eigenvalue weighted by Gasteiger charge is -2.23. The predicted molar refractivity (Wildman–Crippen MR) is 135 cm³/mol. The van der Waals surface area contributed by atoms with Crippen molar-refractivity contribution in [3.63, 3.8) is 0 Å². The molecule has 0 spiro atoms. The van der Waals surface area contributed by atoms with Gasteiger partial charge in [-0.25, -0.2) is 9.07 Å². The molecule has 5 rings (SSSR count). The lowest BCUT2D eigenvalue weighted by atomic mass is 10.1. The number of aromatic nitrogens is 2. The number of nitrogen functional groups attached to an aromatic ring is 1. The average Bonchev–Trinajstić information content (AvgIpc) is 3.42. The van der Waals surface area contributed by atoms with E-state index < -0.39 is 23.1 Å². The molecule has 2 atom stereocenters. The Morgan fingerprint density at radius 1 is 1.08 bits per heavy atom. The van der Waals surface area contributed by atoms with Gasteiger partial charge < -0.3 is 10.5 Å². The Morgan fingerprint density at radius 3 is 2.42 bits per heavy atom. The van der Waals surface area contributed by atoms with E-state index in [2.05, 4.69) is 15.9 Å². The van der Waals surface area contributed by atoms with Crippen LogP contribution in [0.5, 0.6) is 0 Å². The first-order chi connectivity index (χ1) is 17.2. The summed E-state index contributed by atoms with van der Waals surface area (Å²) in [5.41, 5.74) is 8.05. The van der Waals surface area contributed by atoms with Crippen LogP contribution >= 0.6 is 15.9 Å². The van der Waals surface area contributed by atoms with Gasteiger partial charge in [0, 0.05) is 27.9 Å². The zero-order valence-electron chi connectivity index (χ0n) is 18.8. The fraction of sp³-hybridized carbons (Fsp3) is 0.120. The van der Waals surface area contributed by atoms with Crippen molar-refractivity contribution in [2.24, 2.45) is 0 Å². The first-order valence-corrected chi connectivity index (χ1v) is 11.7. The number of carbonyl (C=O) groups excluding carboxylic acids is 1. The number of nitro benzene ring substituents is 1. The van der Waals surface area contributed by atoms with E-state index in [4.69, 9.17) is 15.6 Å². The summed E-state index contributed by atoms with van der Waals surface area (Å²) < 4.78 is 22.2. The van der Waals surface area contributed by atoms with E-state index in [-0.39, 0.29) is 23.0 Å². The van der Waals surface area contributed by atoms with E-state index in [9.17, 15) is 19.3 Å². The van der Waals surface area contributed by atoms with Crippen LogP contribution in [0.1, 0.15) is 18.7 Å². The van der Waals surface area contributed by atoms with Gasteiger partial charge in [-0.3, -0.25) is 19.8 Å². The standard InChI is InChI=1S/C25H19BrFN5O4/c1-14-24(33)31(19-10-11-21(28)22(12-19)32(34)35)25(36-14)20-13-30(18-8-4-16(26)5-9-18)29-23(20)15-2-6-17(27)7-3-15/h2-14,25H,28H2,1H3/t14-,25+/m0/s1. The summed E-state index contributed by atoms with van der Waals surface area (Å²) in [5.74, 6) is -0.773. The highest BCUT2D eigenvalue weighted by molar-refractivity contribution is 9.10. The summed E-state index contributed by atoms with van der Waals surface area (Å²) in [5, 5.41) is 16.2. The number of nitro groups is 1. The van der Waals surface area contributed by atoms with Crippen molar-refractivity contribution in [1.82, 2.24) is 9.78 Å². The maximum Gasteiger partial charge on any atom is 0.294 e. The Bertz CT molecular complexity index is 1470. The lowest BCUT2D eigenvalue weighted by Crippen LogP contribution is -2.30. The number of rotatable bonds is 5. The molecule has 2 N–H and O–H groups in total. The maximum atomic E-state index is 13.7. The second kappa shape index (κ2) is 9.17. The van der Waals surface area contributed by atoms with Gasteiger partial charge in [-0.05, 0) is 67.6 Å². The van der Waals surface area contributed by atoms with Crippen LogP contribution in [0.2, 0.25) is 0 Å². The molecule has 0 aliphatic carbocycles. The summed E-state index contributed by atoms with van der Waals surface area (Å²) in [6.45, 7) is 1.61. The quantitative estimate of drug-likeness (QED) is 0.202. The number of anilines is 2. The van der Waals surface area contributed by atoms with E-state index in [1.165, 1.54) is 35.2 Å². The number of hydrogen-bond donors (Lipinski definition) is 1. The molecule has 0 unspecified atom stereocenters. The smallest absolute Gasteiger partial charge is 0.294 e. The molecule has 0 saturated carbocycles. The Kier molecular flexibility index (Phi) is 6.02. The van der Waals surface area contributed by atoms with E-state index in [0.717, 1.165) is 10.2 Å². The second-order valence-corrected chi connectivity index (χ2v) is 9.12. The summed E-state index contributed by atoms with van der Waals surface area (Å²) in [6.07, 6.45) is -0.0277. The highest BCUT2D eigenvalue weighted by Gasteiger charge is 2.42. The molecule has 3 aromatic carbocycles. The number of ether oxygens (including phenoxy) is 1. The molecule has 1 saturated heterocycles. The van der Waals surface area contributed by atoms with Crippen molar-refractivity contribution >= 4 is 38.9 Å². The van der Waals surface area contributed by atoms with E-state index in [1.54, 1.807) is 29.9 Å². The van der Waals surface area contributed by atoms with Gasteiger partial charge in [0.2, 0.25) is 0 Å². The van der Waals surface area contributed by atoms with Gasteiger partial charge in [0.1, 0.15) is 23.3 Å². The highest BCUT2D eigenvalue weighted by atomic mass is 79.9. The normalized spacial score (nSPS) is 17.5. The molecule has 182 valence electrons. The van der Waals surface area contributed by atoms with Gasteiger partial charge >= 0.3 is 0 Å². The van der Waals surface area contributed by atoms with Gasteiger partial charge in [-0.1, -0.05) is 15.9 Å². The first kappa shape index (κ1) is 23.6. The number of carbonyl (C=O) groups is 1. The monoisotopic (exact) mass is 551 g/mol. The van der Waals surface area contributed by atoms with Crippen LogP contribution in [-0.2, 0) is 9.53 Å². The molecular weight excluding hydrogens is 533 g/mol. The first-order valence-electron chi connectivity index (χ1n) is 10.9. The minimum atomic E-state index is -0.944. The molecule has 1 amide bonds. The lowest BCUT2D eigenvalue weighted by molar-refractivity contribution is -0.383. The van der Waals surface area contributed by atoms with E-state index in [0.29, 0.717) is 16.8 Å². The van der Waals surface area contributed by atoms with Crippen molar-refractivity contribution in [2.75, 3.05) is 10.6 Å². The maximum absolute atomic E-state index is 13.7. The van der Waals surface area contributed by atoms with Crippen LogP contribution < -0.4 is 10.6 Å².